The highest BCUT2D eigenvalue weighted by atomic mass is 32.1. The molecular weight excluding hydrogens is 248 g/mol. The molecular formula is C13H20N2O2S. The summed E-state index contributed by atoms with van der Waals surface area (Å²) < 4.78 is 4.64. The quantitative estimate of drug-likeness (QED) is 0.769. The molecule has 1 aliphatic rings. The fourth-order valence-electron chi connectivity index (χ4n) is 2.43. The Hall–Kier alpha value is -1.10. The predicted molar refractivity (Wildman–Crippen MR) is 73.1 cm³/mol. The molecule has 1 aromatic heterocycles. The highest BCUT2D eigenvalue weighted by molar-refractivity contribution is 7.13. The van der Waals surface area contributed by atoms with Gasteiger partial charge < -0.3 is 9.64 Å². The number of hydrogen-bond acceptors (Lipinski definition) is 5. The van der Waals surface area contributed by atoms with Crippen LogP contribution in [0.15, 0.2) is 5.38 Å². The van der Waals surface area contributed by atoms with Crippen molar-refractivity contribution in [3.05, 3.63) is 11.1 Å². The third-order valence-corrected chi connectivity index (χ3v) is 4.43. The van der Waals surface area contributed by atoms with Crippen LogP contribution < -0.4 is 4.90 Å². The molecule has 0 unspecified atom stereocenters. The zero-order valence-electron chi connectivity index (χ0n) is 11.0. The van der Waals surface area contributed by atoms with Crippen molar-refractivity contribution in [2.24, 2.45) is 5.92 Å². The second-order valence-corrected chi connectivity index (χ2v) is 5.74. The number of carbonyl (C=O) groups is 1. The Kier molecular flexibility index (Phi) is 4.58. The summed E-state index contributed by atoms with van der Waals surface area (Å²) in [7, 11) is 3.49. The van der Waals surface area contributed by atoms with E-state index in [1.165, 1.54) is 32.8 Å². The van der Waals surface area contributed by atoms with Crippen molar-refractivity contribution >= 4 is 22.4 Å². The number of anilines is 1. The van der Waals surface area contributed by atoms with Crippen LogP contribution in [0.2, 0.25) is 0 Å². The van der Waals surface area contributed by atoms with Crippen molar-refractivity contribution < 1.29 is 9.53 Å². The van der Waals surface area contributed by atoms with Gasteiger partial charge in [0.15, 0.2) is 5.13 Å². The molecule has 0 aliphatic heterocycles. The number of hydrogen-bond donors (Lipinski definition) is 0. The highest BCUT2D eigenvalue weighted by Crippen LogP contribution is 2.28. The molecule has 0 N–H and O–H groups in total. The molecule has 18 heavy (non-hydrogen) atoms. The molecule has 100 valence electrons. The summed E-state index contributed by atoms with van der Waals surface area (Å²) in [5, 5.41) is 2.94. The van der Waals surface area contributed by atoms with Crippen LogP contribution in [0.1, 0.15) is 31.4 Å². The summed E-state index contributed by atoms with van der Waals surface area (Å²) in [5.41, 5.74) is 0.806. The third kappa shape index (κ3) is 3.45. The van der Waals surface area contributed by atoms with Crippen LogP contribution in [0, 0.1) is 5.92 Å². The standard InChI is InChI=1S/C13H20N2O2S/c1-15(8-10-5-3-4-6-10)13-14-11(9-18-13)7-12(16)17-2/h9-10H,3-8H2,1-2H3. The number of methoxy groups -OCH3 is 1. The fourth-order valence-corrected chi connectivity index (χ4v) is 3.23. The first-order chi connectivity index (χ1) is 8.69. The van der Waals surface area contributed by atoms with Crippen molar-refractivity contribution in [3.8, 4) is 0 Å². The number of carbonyl (C=O) groups excluding carboxylic acids is 1. The van der Waals surface area contributed by atoms with Crippen molar-refractivity contribution in [2.75, 3.05) is 25.6 Å². The van der Waals surface area contributed by atoms with E-state index in [9.17, 15) is 4.79 Å². The Morgan fingerprint density at radius 3 is 2.94 bits per heavy atom. The lowest BCUT2D eigenvalue weighted by molar-refractivity contribution is -0.139. The summed E-state index contributed by atoms with van der Waals surface area (Å²) in [6, 6.07) is 0. The largest absolute Gasteiger partial charge is 0.469 e. The molecule has 0 aromatic carbocycles. The van der Waals surface area contributed by atoms with E-state index in [0.717, 1.165) is 23.3 Å². The van der Waals surface area contributed by atoms with Gasteiger partial charge in [-0.3, -0.25) is 4.79 Å². The predicted octanol–water partition coefficient (Wildman–Crippen LogP) is 2.49. The second-order valence-electron chi connectivity index (χ2n) is 4.91. The number of rotatable bonds is 5. The fraction of sp³-hybridized carbons (Fsp3) is 0.692. The second kappa shape index (κ2) is 6.18. The first-order valence-corrected chi connectivity index (χ1v) is 7.29. The number of esters is 1. The van der Waals surface area contributed by atoms with E-state index in [1.54, 1.807) is 11.3 Å². The van der Waals surface area contributed by atoms with Crippen LogP contribution in [0.4, 0.5) is 5.13 Å². The van der Waals surface area contributed by atoms with E-state index in [2.05, 4.69) is 21.7 Å². The Morgan fingerprint density at radius 2 is 2.28 bits per heavy atom. The maximum absolute atomic E-state index is 11.2. The summed E-state index contributed by atoms with van der Waals surface area (Å²) in [5.74, 6) is 0.577. The molecule has 1 saturated carbocycles. The third-order valence-electron chi connectivity index (χ3n) is 3.43. The lowest BCUT2D eigenvalue weighted by Crippen LogP contribution is -2.23. The van der Waals surface area contributed by atoms with Crippen LogP contribution in [0.25, 0.3) is 0 Å². The van der Waals surface area contributed by atoms with Gasteiger partial charge in [0.05, 0.1) is 19.2 Å². The maximum atomic E-state index is 11.2. The molecule has 1 fully saturated rings. The number of ether oxygens (including phenoxy) is 1. The minimum atomic E-state index is -0.231. The van der Waals surface area contributed by atoms with Crippen LogP contribution >= 0.6 is 11.3 Å². The summed E-state index contributed by atoms with van der Waals surface area (Å²) >= 11 is 1.60. The van der Waals surface area contributed by atoms with Gasteiger partial charge in [-0.2, -0.15) is 0 Å². The summed E-state index contributed by atoms with van der Waals surface area (Å²) in [6.45, 7) is 1.07. The molecule has 5 heteroatoms. The average molecular weight is 268 g/mol. The first-order valence-electron chi connectivity index (χ1n) is 6.41. The number of aromatic nitrogens is 1. The van der Waals surface area contributed by atoms with E-state index in [0.29, 0.717) is 0 Å². The smallest absolute Gasteiger partial charge is 0.311 e. The number of nitrogens with zero attached hydrogens (tertiary/aromatic N) is 2. The normalized spacial score (nSPS) is 15.9. The van der Waals surface area contributed by atoms with Gasteiger partial charge in [0.25, 0.3) is 0 Å². The molecule has 0 saturated heterocycles. The van der Waals surface area contributed by atoms with Crippen LogP contribution in [0.3, 0.4) is 0 Å². The molecule has 0 amide bonds. The van der Waals surface area contributed by atoms with Crippen LogP contribution in [-0.4, -0.2) is 31.7 Å². The van der Waals surface area contributed by atoms with E-state index < -0.39 is 0 Å². The monoisotopic (exact) mass is 268 g/mol. The minimum absolute atomic E-state index is 0.231. The molecule has 4 nitrogen and oxygen atoms in total. The lowest BCUT2D eigenvalue weighted by atomic mass is 10.1. The SMILES string of the molecule is COC(=O)Cc1csc(N(C)CC2CCCC2)n1. The van der Waals surface area contributed by atoms with Gasteiger partial charge in [-0.05, 0) is 18.8 Å². The molecule has 0 atom stereocenters. The van der Waals surface area contributed by atoms with Crippen molar-refractivity contribution in [2.45, 2.75) is 32.1 Å². The van der Waals surface area contributed by atoms with Gasteiger partial charge in [-0.15, -0.1) is 11.3 Å². The van der Waals surface area contributed by atoms with Crippen molar-refractivity contribution in [3.63, 3.8) is 0 Å². The van der Waals surface area contributed by atoms with Gasteiger partial charge in [0, 0.05) is 19.0 Å². The van der Waals surface area contributed by atoms with Crippen molar-refractivity contribution in [1.82, 2.24) is 4.98 Å². The van der Waals surface area contributed by atoms with Gasteiger partial charge >= 0.3 is 5.97 Å². The number of thiazole rings is 1. The van der Waals surface area contributed by atoms with E-state index in [1.807, 2.05) is 5.38 Å². The van der Waals surface area contributed by atoms with Crippen LogP contribution in [-0.2, 0) is 16.0 Å². The molecule has 0 bridgehead atoms. The zero-order chi connectivity index (χ0) is 13.0. The van der Waals surface area contributed by atoms with E-state index in [-0.39, 0.29) is 12.4 Å². The Balaban J connectivity index is 1.89. The first kappa shape index (κ1) is 13.3. The van der Waals surface area contributed by atoms with Gasteiger partial charge in [0.1, 0.15) is 0 Å². The Bertz CT molecular complexity index is 399. The molecule has 1 aromatic rings. The van der Waals surface area contributed by atoms with Gasteiger partial charge in [0.2, 0.25) is 0 Å². The summed E-state index contributed by atoms with van der Waals surface area (Å²) in [4.78, 5) is 17.9. The summed E-state index contributed by atoms with van der Waals surface area (Å²) in [6.07, 6.45) is 5.67. The minimum Gasteiger partial charge on any atom is -0.469 e. The van der Waals surface area contributed by atoms with Gasteiger partial charge in [-0.1, -0.05) is 12.8 Å². The van der Waals surface area contributed by atoms with Crippen LogP contribution in [0.5, 0.6) is 0 Å². The Labute approximate surface area is 112 Å². The maximum Gasteiger partial charge on any atom is 0.311 e. The highest BCUT2D eigenvalue weighted by Gasteiger charge is 2.18. The topological polar surface area (TPSA) is 42.4 Å². The molecule has 1 aliphatic carbocycles. The molecule has 0 spiro atoms. The zero-order valence-corrected chi connectivity index (χ0v) is 11.8. The van der Waals surface area contributed by atoms with Crippen molar-refractivity contribution in [1.29, 1.82) is 0 Å². The Morgan fingerprint density at radius 1 is 1.56 bits per heavy atom. The van der Waals surface area contributed by atoms with E-state index in [4.69, 9.17) is 0 Å². The molecule has 0 radical (unpaired) electrons. The van der Waals surface area contributed by atoms with E-state index >= 15 is 0 Å². The average Bonchev–Trinajstić information content (AvgIpc) is 3.00. The molecule has 1 heterocycles. The molecule has 2 rings (SSSR count). The lowest BCUT2D eigenvalue weighted by Gasteiger charge is -2.19. The van der Waals surface area contributed by atoms with Gasteiger partial charge in [-0.25, -0.2) is 4.98 Å².